The van der Waals surface area contributed by atoms with Gasteiger partial charge in [-0.05, 0) is 93.0 Å². The molecule has 0 radical (unpaired) electrons. The van der Waals surface area contributed by atoms with Gasteiger partial charge in [0, 0.05) is 35.6 Å². The van der Waals surface area contributed by atoms with Crippen LogP contribution in [0.3, 0.4) is 0 Å². The van der Waals surface area contributed by atoms with Crippen LogP contribution in [0, 0.1) is 0 Å². The summed E-state index contributed by atoms with van der Waals surface area (Å²) in [6.07, 6.45) is 6.65. The van der Waals surface area contributed by atoms with Crippen LogP contribution in [0.25, 0.3) is 17.4 Å². The Morgan fingerprint density at radius 3 is 2.68 bits per heavy atom. The number of piperidine rings is 1. The molecule has 2 heterocycles. The van der Waals surface area contributed by atoms with E-state index >= 15 is 0 Å². The van der Waals surface area contributed by atoms with Crippen molar-refractivity contribution in [3.63, 3.8) is 0 Å². The highest BCUT2D eigenvalue weighted by Gasteiger charge is 2.18. The molecule has 1 fully saturated rings. The van der Waals surface area contributed by atoms with Crippen LogP contribution in [0.4, 0.5) is 11.4 Å². The van der Waals surface area contributed by atoms with E-state index in [-0.39, 0.29) is 11.0 Å². The maximum atomic E-state index is 12.3. The normalized spacial score (nSPS) is 16.0. The van der Waals surface area contributed by atoms with Gasteiger partial charge in [-0.3, -0.25) is 10.1 Å². The second-order valence-electron chi connectivity index (χ2n) is 8.17. The van der Waals surface area contributed by atoms with Crippen molar-refractivity contribution in [1.82, 2.24) is 5.32 Å². The lowest BCUT2D eigenvalue weighted by molar-refractivity contribution is -0.115. The number of furan rings is 1. The van der Waals surface area contributed by atoms with Gasteiger partial charge in [0.15, 0.2) is 5.11 Å². The Kier molecular flexibility index (Phi) is 7.93. The molecule has 1 atom stereocenters. The van der Waals surface area contributed by atoms with Gasteiger partial charge >= 0.3 is 0 Å². The van der Waals surface area contributed by atoms with E-state index in [0.29, 0.717) is 33.2 Å². The molecule has 34 heavy (non-hydrogen) atoms. The number of hydrogen-bond donors (Lipinski definition) is 2. The first-order valence-electron chi connectivity index (χ1n) is 11.1. The minimum atomic E-state index is -0.366. The van der Waals surface area contributed by atoms with Gasteiger partial charge in [0.25, 0.3) is 0 Å². The van der Waals surface area contributed by atoms with Crippen molar-refractivity contribution in [2.45, 2.75) is 32.2 Å². The number of halogens is 2. The van der Waals surface area contributed by atoms with Gasteiger partial charge in [-0.1, -0.05) is 29.3 Å². The quantitative estimate of drug-likeness (QED) is 0.280. The van der Waals surface area contributed by atoms with Gasteiger partial charge in [-0.2, -0.15) is 0 Å². The second-order valence-corrected chi connectivity index (χ2v) is 9.36. The van der Waals surface area contributed by atoms with Crippen molar-refractivity contribution in [2.75, 3.05) is 16.8 Å². The summed E-state index contributed by atoms with van der Waals surface area (Å²) in [6, 6.07) is 17.5. The van der Waals surface area contributed by atoms with Gasteiger partial charge in [-0.25, -0.2) is 0 Å². The third kappa shape index (κ3) is 6.00. The molecule has 0 aliphatic carbocycles. The molecule has 3 aromatic rings. The molecule has 1 saturated heterocycles. The summed E-state index contributed by atoms with van der Waals surface area (Å²) in [5.74, 6) is 0.699. The average Bonchev–Trinajstić information content (AvgIpc) is 3.29. The molecule has 176 valence electrons. The van der Waals surface area contributed by atoms with Crippen molar-refractivity contribution in [1.29, 1.82) is 0 Å². The summed E-state index contributed by atoms with van der Waals surface area (Å²) in [5, 5.41) is 6.78. The smallest absolute Gasteiger partial charge is 0.250 e. The summed E-state index contributed by atoms with van der Waals surface area (Å²) >= 11 is 17.6. The summed E-state index contributed by atoms with van der Waals surface area (Å²) in [5.41, 5.74) is 2.70. The van der Waals surface area contributed by atoms with Crippen molar-refractivity contribution < 1.29 is 9.21 Å². The highest BCUT2D eigenvalue weighted by atomic mass is 35.5. The van der Waals surface area contributed by atoms with Crippen LogP contribution in [-0.2, 0) is 4.79 Å². The zero-order valence-corrected chi connectivity index (χ0v) is 21.0. The third-order valence-electron chi connectivity index (χ3n) is 5.74. The monoisotopic (exact) mass is 513 g/mol. The van der Waals surface area contributed by atoms with E-state index in [0.717, 1.165) is 12.2 Å². The van der Waals surface area contributed by atoms with Gasteiger partial charge in [-0.15, -0.1) is 0 Å². The summed E-state index contributed by atoms with van der Waals surface area (Å²) in [7, 11) is 0. The average molecular weight is 514 g/mol. The lowest BCUT2D eigenvalue weighted by Gasteiger charge is -2.35. The number of anilines is 2. The standard InChI is InChI=1S/C26H25Cl2N3O2S/c1-17-5-2-3-16-31(17)19-10-8-18(9-11-19)29-26(34)30-24(32)15-13-20-12-14-23(33-20)21-6-4-7-22(27)25(21)28/h4,6-15,17H,2-3,5,16H2,1H3,(H2,29,30,32,34)/b15-13+/t17-/m0/s1. The Balaban J connectivity index is 1.31. The topological polar surface area (TPSA) is 57.5 Å². The molecule has 2 N–H and O–H groups in total. The molecule has 1 aliphatic rings. The highest BCUT2D eigenvalue weighted by molar-refractivity contribution is 7.80. The van der Waals surface area contributed by atoms with E-state index in [9.17, 15) is 4.79 Å². The molecule has 4 rings (SSSR count). The lowest BCUT2D eigenvalue weighted by atomic mass is 10.0. The lowest BCUT2D eigenvalue weighted by Crippen LogP contribution is -2.37. The van der Waals surface area contributed by atoms with E-state index < -0.39 is 0 Å². The van der Waals surface area contributed by atoms with Crippen LogP contribution in [0.1, 0.15) is 31.9 Å². The number of nitrogens with one attached hydrogen (secondary N) is 2. The highest BCUT2D eigenvalue weighted by Crippen LogP contribution is 2.34. The molecule has 0 bridgehead atoms. The molecule has 1 aromatic heterocycles. The van der Waals surface area contributed by atoms with Crippen LogP contribution < -0.4 is 15.5 Å². The summed E-state index contributed by atoms with van der Waals surface area (Å²) in [4.78, 5) is 14.7. The SMILES string of the molecule is C[C@H]1CCCCN1c1ccc(NC(=S)NC(=O)/C=C/c2ccc(-c3cccc(Cl)c3Cl)o2)cc1. The summed E-state index contributed by atoms with van der Waals surface area (Å²) in [6.45, 7) is 3.34. The first-order valence-corrected chi connectivity index (χ1v) is 12.3. The summed E-state index contributed by atoms with van der Waals surface area (Å²) < 4.78 is 5.76. The van der Waals surface area contributed by atoms with Crippen LogP contribution in [0.15, 0.2) is 65.1 Å². The molecule has 0 spiro atoms. The van der Waals surface area contributed by atoms with Gasteiger partial charge in [0.2, 0.25) is 5.91 Å². The second kappa shape index (κ2) is 11.1. The van der Waals surface area contributed by atoms with Gasteiger partial charge in [0.1, 0.15) is 11.5 Å². The molecular formula is C26H25Cl2N3O2S. The number of carbonyl (C=O) groups is 1. The predicted molar refractivity (Wildman–Crippen MR) is 145 cm³/mol. The predicted octanol–water partition coefficient (Wildman–Crippen LogP) is 7.16. The molecule has 5 nitrogen and oxygen atoms in total. The maximum absolute atomic E-state index is 12.3. The Hall–Kier alpha value is -2.80. The van der Waals surface area contributed by atoms with Crippen LogP contribution >= 0.6 is 35.4 Å². The molecular weight excluding hydrogens is 489 g/mol. The first-order chi connectivity index (χ1) is 16.4. The first kappa shape index (κ1) is 24.3. The Morgan fingerprint density at radius 2 is 1.91 bits per heavy atom. The zero-order chi connectivity index (χ0) is 24.1. The van der Waals surface area contributed by atoms with Crippen LogP contribution in [0.2, 0.25) is 10.0 Å². The van der Waals surface area contributed by atoms with Crippen molar-refractivity contribution in [3.05, 3.63) is 76.5 Å². The number of nitrogens with zero attached hydrogens (tertiary/aromatic N) is 1. The fraction of sp³-hybridized carbons (Fsp3) is 0.231. The van der Waals surface area contributed by atoms with Crippen LogP contribution in [0.5, 0.6) is 0 Å². The number of hydrogen-bond acceptors (Lipinski definition) is 4. The van der Waals surface area contributed by atoms with E-state index in [1.54, 1.807) is 30.3 Å². The third-order valence-corrected chi connectivity index (χ3v) is 6.76. The molecule has 8 heteroatoms. The van der Waals surface area contributed by atoms with Gasteiger partial charge in [0.05, 0.1) is 10.0 Å². The van der Waals surface area contributed by atoms with Crippen LogP contribution in [-0.4, -0.2) is 23.6 Å². The fourth-order valence-corrected chi connectivity index (χ4v) is 4.59. The molecule has 1 aliphatic heterocycles. The zero-order valence-electron chi connectivity index (χ0n) is 18.7. The molecule has 0 saturated carbocycles. The van der Waals surface area contributed by atoms with Crippen molar-refractivity contribution >= 4 is 63.9 Å². The maximum Gasteiger partial charge on any atom is 0.250 e. The van der Waals surface area contributed by atoms with Crippen molar-refractivity contribution in [2.24, 2.45) is 0 Å². The minimum Gasteiger partial charge on any atom is -0.457 e. The van der Waals surface area contributed by atoms with E-state index in [1.807, 2.05) is 18.2 Å². The number of thiocarbonyl (C=S) groups is 1. The number of benzene rings is 2. The van der Waals surface area contributed by atoms with Crippen molar-refractivity contribution in [3.8, 4) is 11.3 Å². The number of amides is 1. The molecule has 2 aromatic carbocycles. The van der Waals surface area contributed by atoms with E-state index in [4.69, 9.17) is 39.8 Å². The van der Waals surface area contributed by atoms with E-state index in [1.165, 1.54) is 31.0 Å². The minimum absolute atomic E-state index is 0.222. The van der Waals surface area contributed by atoms with Gasteiger partial charge < -0.3 is 14.6 Å². The molecule has 0 unspecified atom stereocenters. The van der Waals surface area contributed by atoms with E-state index in [2.05, 4.69) is 34.6 Å². The Bertz CT molecular complexity index is 1210. The Morgan fingerprint density at radius 1 is 1.12 bits per heavy atom. The number of rotatable bonds is 5. The Labute approximate surface area is 214 Å². The molecule has 1 amide bonds. The number of carbonyl (C=O) groups excluding carboxylic acids is 1. The fourth-order valence-electron chi connectivity index (χ4n) is 3.97. The largest absolute Gasteiger partial charge is 0.457 e.